The van der Waals surface area contributed by atoms with Crippen molar-refractivity contribution >= 4 is 28.4 Å². The second kappa shape index (κ2) is 9.75. The van der Waals surface area contributed by atoms with Crippen molar-refractivity contribution in [3.63, 3.8) is 0 Å². The number of nitrogens with one attached hydrogen (secondary N) is 1. The molecule has 0 unspecified atom stereocenters. The Labute approximate surface area is 189 Å². The Bertz CT molecular complexity index is 1370. The Morgan fingerprint density at radius 1 is 0.909 bits per heavy atom. The summed E-state index contributed by atoms with van der Waals surface area (Å²) >= 11 is 0. The van der Waals surface area contributed by atoms with Crippen LogP contribution < -0.4 is 10.1 Å². The highest BCUT2D eigenvalue weighted by molar-refractivity contribution is 6.11. The minimum Gasteiger partial charge on any atom is -0.488 e. The highest BCUT2D eigenvalue weighted by atomic mass is 19.1. The number of halogens is 2. The van der Waals surface area contributed by atoms with E-state index in [1.54, 1.807) is 18.2 Å². The zero-order chi connectivity index (χ0) is 23.2. The number of benzene rings is 4. The van der Waals surface area contributed by atoms with E-state index in [0.717, 1.165) is 16.3 Å². The van der Waals surface area contributed by atoms with Crippen molar-refractivity contribution in [1.29, 1.82) is 5.26 Å². The van der Waals surface area contributed by atoms with E-state index in [9.17, 15) is 18.8 Å². The van der Waals surface area contributed by atoms with Crippen LogP contribution in [0, 0.1) is 23.0 Å². The van der Waals surface area contributed by atoms with Gasteiger partial charge in [0.1, 0.15) is 35.6 Å². The number of carbonyl (C=O) groups is 1. The molecule has 0 aliphatic carbocycles. The Kier molecular flexibility index (Phi) is 6.42. The summed E-state index contributed by atoms with van der Waals surface area (Å²) in [7, 11) is 0. The van der Waals surface area contributed by atoms with E-state index in [-0.39, 0.29) is 18.0 Å². The monoisotopic (exact) mass is 440 g/mol. The summed E-state index contributed by atoms with van der Waals surface area (Å²) in [5.74, 6) is -0.913. The molecule has 162 valence electrons. The summed E-state index contributed by atoms with van der Waals surface area (Å²) in [6.45, 7) is 0.184. The molecule has 4 nitrogen and oxygen atoms in total. The molecule has 0 atom stereocenters. The lowest BCUT2D eigenvalue weighted by Gasteiger charge is -2.13. The lowest BCUT2D eigenvalue weighted by molar-refractivity contribution is -0.112. The van der Waals surface area contributed by atoms with Crippen molar-refractivity contribution < 1.29 is 18.3 Å². The van der Waals surface area contributed by atoms with Crippen molar-refractivity contribution in [2.45, 2.75) is 6.61 Å². The fourth-order valence-corrected chi connectivity index (χ4v) is 3.32. The molecule has 0 heterocycles. The summed E-state index contributed by atoms with van der Waals surface area (Å²) in [6, 6.07) is 24.4. The number of hydrogen-bond donors (Lipinski definition) is 1. The predicted octanol–water partition coefficient (Wildman–Crippen LogP) is 6.24. The number of nitrogens with zero attached hydrogens (tertiary/aromatic N) is 1. The van der Waals surface area contributed by atoms with Crippen molar-refractivity contribution in [2.75, 3.05) is 5.32 Å². The highest BCUT2D eigenvalue weighted by Gasteiger charge is 2.14. The van der Waals surface area contributed by atoms with E-state index in [1.807, 2.05) is 36.4 Å². The molecular formula is C27H18F2N2O2. The largest absolute Gasteiger partial charge is 0.488 e. The van der Waals surface area contributed by atoms with Gasteiger partial charge in [-0.1, -0.05) is 42.5 Å². The van der Waals surface area contributed by atoms with Gasteiger partial charge in [0.2, 0.25) is 0 Å². The number of fused-ring (bicyclic) bond motifs is 1. The van der Waals surface area contributed by atoms with Crippen LogP contribution in [0.5, 0.6) is 5.75 Å². The van der Waals surface area contributed by atoms with Crippen molar-refractivity contribution in [3.8, 4) is 11.8 Å². The molecule has 0 aliphatic rings. The average molecular weight is 440 g/mol. The molecule has 33 heavy (non-hydrogen) atoms. The van der Waals surface area contributed by atoms with E-state index < -0.39 is 11.7 Å². The van der Waals surface area contributed by atoms with Gasteiger partial charge in [-0.3, -0.25) is 4.79 Å². The highest BCUT2D eigenvalue weighted by Crippen LogP contribution is 2.31. The van der Waals surface area contributed by atoms with Crippen LogP contribution in [0.2, 0.25) is 0 Å². The molecule has 4 aromatic carbocycles. The van der Waals surface area contributed by atoms with Gasteiger partial charge in [0.15, 0.2) is 0 Å². The standard InChI is InChI=1S/C27H18F2N2O2/c28-21-8-5-18(6-9-21)17-33-26-14-7-19-3-1-2-4-24(19)25(26)15-20(16-30)27(32)31-23-12-10-22(29)11-13-23/h1-15H,17H2,(H,31,32)/b20-15+. The van der Waals surface area contributed by atoms with Crippen LogP contribution in [-0.2, 0) is 11.4 Å². The first-order chi connectivity index (χ1) is 16.0. The maximum atomic E-state index is 13.2. The van der Waals surface area contributed by atoms with Crippen LogP contribution in [0.25, 0.3) is 16.8 Å². The fourth-order valence-electron chi connectivity index (χ4n) is 3.32. The van der Waals surface area contributed by atoms with Crippen LogP contribution in [0.3, 0.4) is 0 Å². The number of amides is 1. The minimum atomic E-state index is -0.624. The number of nitriles is 1. The summed E-state index contributed by atoms with van der Waals surface area (Å²) in [4.78, 5) is 12.7. The van der Waals surface area contributed by atoms with Crippen molar-refractivity contribution in [2.24, 2.45) is 0 Å². The van der Waals surface area contributed by atoms with Crippen LogP contribution in [0.15, 0.2) is 90.5 Å². The van der Waals surface area contributed by atoms with Gasteiger partial charge >= 0.3 is 0 Å². The number of anilines is 1. The molecule has 4 aromatic rings. The Balaban J connectivity index is 1.68. The van der Waals surface area contributed by atoms with Gasteiger partial charge in [-0.2, -0.15) is 5.26 Å². The van der Waals surface area contributed by atoms with E-state index in [1.165, 1.54) is 42.5 Å². The van der Waals surface area contributed by atoms with Crippen molar-refractivity contribution in [3.05, 3.63) is 113 Å². The molecule has 0 bridgehead atoms. The van der Waals surface area contributed by atoms with Gasteiger partial charge in [0.05, 0.1) is 0 Å². The molecule has 0 spiro atoms. The Morgan fingerprint density at radius 2 is 1.58 bits per heavy atom. The first-order valence-electron chi connectivity index (χ1n) is 10.1. The molecule has 0 saturated heterocycles. The van der Waals surface area contributed by atoms with Gasteiger partial charge in [0, 0.05) is 11.3 Å². The normalized spacial score (nSPS) is 11.1. The lowest BCUT2D eigenvalue weighted by atomic mass is 10.0. The molecule has 1 amide bonds. The van der Waals surface area contributed by atoms with Gasteiger partial charge < -0.3 is 10.1 Å². The maximum Gasteiger partial charge on any atom is 0.266 e. The molecular weight excluding hydrogens is 422 g/mol. The quantitative estimate of drug-likeness (QED) is 0.285. The summed E-state index contributed by atoms with van der Waals surface area (Å²) in [5, 5.41) is 14.0. The first kappa shape index (κ1) is 21.7. The van der Waals surface area contributed by atoms with Crippen LogP contribution in [0.4, 0.5) is 14.5 Å². The van der Waals surface area contributed by atoms with Crippen LogP contribution in [-0.4, -0.2) is 5.91 Å². The molecule has 4 rings (SSSR count). The third-order valence-corrected chi connectivity index (χ3v) is 4.99. The zero-order valence-electron chi connectivity index (χ0n) is 17.4. The Hall–Kier alpha value is -4.50. The second-order valence-electron chi connectivity index (χ2n) is 7.24. The zero-order valence-corrected chi connectivity index (χ0v) is 17.4. The topological polar surface area (TPSA) is 62.1 Å². The smallest absolute Gasteiger partial charge is 0.266 e. The Morgan fingerprint density at radius 3 is 2.27 bits per heavy atom. The molecule has 0 radical (unpaired) electrons. The van der Waals surface area contributed by atoms with Gasteiger partial charge in [-0.15, -0.1) is 0 Å². The van der Waals surface area contributed by atoms with Crippen LogP contribution in [0.1, 0.15) is 11.1 Å². The fraction of sp³-hybridized carbons (Fsp3) is 0.0370. The van der Waals surface area contributed by atoms with Gasteiger partial charge in [0.25, 0.3) is 5.91 Å². The van der Waals surface area contributed by atoms with E-state index in [2.05, 4.69) is 5.32 Å². The SMILES string of the molecule is N#C/C(=C\c1c(OCc2ccc(F)cc2)ccc2ccccc12)C(=O)Nc1ccc(F)cc1. The number of carbonyl (C=O) groups excluding carboxylic acids is 1. The summed E-state index contributed by atoms with van der Waals surface area (Å²) in [6.07, 6.45) is 1.47. The summed E-state index contributed by atoms with van der Waals surface area (Å²) < 4.78 is 32.3. The molecule has 0 aromatic heterocycles. The molecule has 6 heteroatoms. The van der Waals surface area contributed by atoms with E-state index in [0.29, 0.717) is 17.0 Å². The third kappa shape index (κ3) is 5.23. The molecule has 0 aliphatic heterocycles. The third-order valence-electron chi connectivity index (χ3n) is 4.99. The maximum absolute atomic E-state index is 13.2. The summed E-state index contributed by atoms with van der Waals surface area (Å²) in [5.41, 5.74) is 1.57. The number of ether oxygens (including phenoxy) is 1. The van der Waals surface area contributed by atoms with Gasteiger partial charge in [-0.05, 0) is 64.9 Å². The molecule has 0 fully saturated rings. The van der Waals surface area contributed by atoms with Gasteiger partial charge in [-0.25, -0.2) is 8.78 Å². The molecule has 0 saturated carbocycles. The molecule has 1 N–H and O–H groups in total. The average Bonchev–Trinajstić information content (AvgIpc) is 2.84. The van der Waals surface area contributed by atoms with Crippen LogP contribution >= 0.6 is 0 Å². The predicted molar refractivity (Wildman–Crippen MR) is 123 cm³/mol. The number of rotatable bonds is 6. The van der Waals surface area contributed by atoms with E-state index >= 15 is 0 Å². The number of hydrogen-bond acceptors (Lipinski definition) is 3. The second-order valence-corrected chi connectivity index (χ2v) is 7.24. The minimum absolute atomic E-state index is 0.137. The lowest BCUT2D eigenvalue weighted by Crippen LogP contribution is -2.13. The van der Waals surface area contributed by atoms with E-state index in [4.69, 9.17) is 4.74 Å². The first-order valence-corrected chi connectivity index (χ1v) is 10.1. The van der Waals surface area contributed by atoms with Crippen molar-refractivity contribution in [1.82, 2.24) is 0 Å².